The molecule has 3 rings (SSSR count). The first-order valence-corrected chi connectivity index (χ1v) is 8.43. The summed E-state index contributed by atoms with van der Waals surface area (Å²) in [5.74, 6) is -1.62. The Morgan fingerprint density at radius 2 is 1.38 bits per heavy atom. The minimum absolute atomic E-state index is 0.340. The lowest BCUT2D eigenvalue weighted by Gasteiger charge is -2.52. The molecule has 0 saturated carbocycles. The van der Waals surface area contributed by atoms with Gasteiger partial charge in [-0.05, 0) is 35.8 Å². The number of hydrogen-bond donors (Lipinski definition) is 0. The van der Waals surface area contributed by atoms with Crippen LogP contribution in [-0.2, 0) is 9.59 Å². The number of halogens is 2. The molecule has 2 aliphatic rings. The minimum atomic E-state index is -1.99. The van der Waals surface area contributed by atoms with Crippen molar-refractivity contribution in [2.75, 3.05) is 19.0 Å². The number of fused-ring (bicyclic) bond motifs is 1. The van der Waals surface area contributed by atoms with Gasteiger partial charge in [-0.15, -0.1) is 0 Å². The van der Waals surface area contributed by atoms with Crippen LogP contribution in [-0.4, -0.2) is 25.7 Å². The highest BCUT2D eigenvalue weighted by Crippen LogP contribution is 2.68. The van der Waals surface area contributed by atoms with Gasteiger partial charge in [0.05, 0.1) is 12.1 Å². The summed E-state index contributed by atoms with van der Waals surface area (Å²) in [4.78, 5) is 27.6. The van der Waals surface area contributed by atoms with Crippen LogP contribution in [0.4, 0.5) is 5.69 Å². The predicted molar refractivity (Wildman–Crippen MR) is 98.2 cm³/mol. The van der Waals surface area contributed by atoms with Gasteiger partial charge in [0.1, 0.15) is 10.1 Å². The van der Waals surface area contributed by atoms with Gasteiger partial charge in [0, 0.05) is 19.8 Å². The van der Waals surface area contributed by atoms with E-state index >= 15 is 0 Å². The van der Waals surface area contributed by atoms with E-state index in [1.54, 1.807) is 19.1 Å². The number of carbonyl (C=O) groups is 2. The van der Waals surface area contributed by atoms with Gasteiger partial charge in [0.25, 0.3) is 0 Å². The first kappa shape index (κ1) is 18.2. The molecule has 0 aromatic heterocycles. The lowest BCUT2D eigenvalue weighted by atomic mass is 9.42. The topological polar surface area (TPSA) is 85.0 Å². The lowest BCUT2D eigenvalue weighted by molar-refractivity contribution is -0.134. The molecule has 0 aliphatic heterocycles. The maximum absolute atomic E-state index is 12.9. The third-order valence-corrected chi connectivity index (χ3v) is 5.97. The summed E-state index contributed by atoms with van der Waals surface area (Å²) in [5.41, 5.74) is -1.73. The molecule has 0 saturated heterocycles. The van der Waals surface area contributed by atoms with Crippen molar-refractivity contribution in [3.63, 3.8) is 0 Å². The van der Waals surface area contributed by atoms with Gasteiger partial charge in [-0.25, -0.2) is 0 Å². The number of rotatable bonds is 2. The molecule has 0 N–H and O–H groups in total. The van der Waals surface area contributed by atoms with E-state index in [4.69, 9.17) is 23.2 Å². The van der Waals surface area contributed by atoms with Gasteiger partial charge in [-0.2, -0.15) is 10.5 Å². The van der Waals surface area contributed by atoms with Gasteiger partial charge in [-0.3, -0.25) is 9.59 Å². The van der Waals surface area contributed by atoms with E-state index in [9.17, 15) is 20.1 Å². The summed E-state index contributed by atoms with van der Waals surface area (Å²) in [6.45, 7) is 1.57. The SMILES string of the molecule is CC1=C(c2ccc(N(C)C)cc2)[C@@]2(C#N)C(=O)C(Cl)=C(Cl)C(=O)[C@@]12C#N. The third kappa shape index (κ3) is 1.80. The number of carbonyl (C=O) groups excluding carboxylic acids is 2. The molecule has 2 aliphatic carbocycles. The number of anilines is 1. The molecule has 0 amide bonds. The van der Waals surface area contributed by atoms with Crippen LogP contribution in [0.2, 0.25) is 0 Å². The quantitative estimate of drug-likeness (QED) is 0.778. The van der Waals surface area contributed by atoms with E-state index in [2.05, 4.69) is 0 Å². The van der Waals surface area contributed by atoms with Crippen molar-refractivity contribution in [1.82, 2.24) is 0 Å². The van der Waals surface area contributed by atoms with E-state index in [1.807, 2.05) is 43.3 Å². The van der Waals surface area contributed by atoms with Gasteiger partial charge < -0.3 is 4.90 Å². The molecule has 1 aromatic carbocycles. The van der Waals surface area contributed by atoms with Crippen molar-refractivity contribution in [1.29, 1.82) is 10.5 Å². The molecular weight excluding hydrogens is 373 g/mol. The second-order valence-electron chi connectivity index (χ2n) is 6.45. The monoisotopic (exact) mass is 385 g/mol. The van der Waals surface area contributed by atoms with Crippen molar-refractivity contribution in [3.8, 4) is 12.1 Å². The highest BCUT2D eigenvalue weighted by Gasteiger charge is 2.75. The first-order valence-electron chi connectivity index (χ1n) is 7.67. The summed E-state index contributed by atoms with van der Waals surface area (Å²) in [6.07, 6.45) is 0. The second-order valence-corrected chi connectivity index (χ2v) is 7.21. The Kier molecular flexibility index (Phi) is 3.99. The lowest BCUT2D eigenvalue weighted by Crippen LogP contribution is -2.62. The first-order chi connectivity index (χ1) is 12.2. The molecule has 5 nitrogen and oxygen atoms in total. The molecule has 130 valence electrons. The average Bonchev–Trinajstić information content (AvgIpc) is 2.64. The molecule has 0 bridgehead atoms. The van der Waals surface area contributed by atoms with E-state index < -0.39 is 32.5 Å². The van der Waals surface area contributed by atoms with Crippen LogP contribution < -0.4 is 4.90 Å². The molecule has 0 fully saturated rings. The van der Waals surface area contributed by atoms with Gasteiger partial charge >= 0.3 is 0 Å². The second kappa shape index (κ2) is 5.71. The van der Waals surface area contributed by atoms with Crippen molar-refractivity contribution in [2.24, 2.45) is 10.8 Å². The van der Waals surface area contributed by atoms with Crippen molar-refractivity contribution in [2.45, 2.75) is 6.92 Å². The number of Topliss-reactive ketones (excluding diaryl/α,β-unsaturated/α-hetero) is 2. The molecule has 7 heteroatoms. The smallest absolute Gasteiger partial charge is 0.203 e. The largest absolute Gasteiger partial charge is 0.378 e. The van der Waals surface area contributed by atoms with Crippen molar-refractivity contribution < 1.29 is 9.59 Å². The van der Waals surface area contributed by atoms with Gasteiger partial charge in [0.15, 0.2) is 10.8 Å². The van der Waals surface area contributed by atoms with E-state index in [1.165, 1.54) is 0 Å². The Labute approximate surface area is 160 Å². The fourth-order valence-corrected chi connectivity index (χ4v) is 4.25. The van der Waals surface area contributed by atoms with E-state index in [-0.39, 0.29) is 0 Å². The number of hydrogen-bond acceptors (Lipinski definition) is 5. The molecule has 2 atom stereocenters. The van der Waals surface area contributed by atoms with Crippen molar-refractivity contribution >= 4 is 46.0 Å². The Morgan fingerprint density at radius 3 is 1.81 bits per heavy atom. The fraction of sp³-hybridized carbons (Fsp3) is 0.263. The minimum Gasteiger partial charge on any atom is -0.378 e. The van der Waals surface area contributed by atoms with Crippen LogP contribution in [0.15, 0.2) is 39.9 Å². The van der Waals surface area contributed by atoms with Crippen LogP contribution in [0, 0.1) is 33.5 Å². The standard InChI is InChI=1S/C19H13Cl2N3O2/c1-10-13(11-4-6-12(7-5-11)24(2)3)19(9-23)17(26)15(21)14(20)16(25)18(10,19)8-22/h4-7H,1-3H3/t18-,19+/m1/s1. The molecule has 1 aromatic rings. The van der Waals surface area contributed by atoms with Crippen LogP contribution in [0.1, 0.15) is 12.5 Å². The van der Waals surface area contributed by atoms with Gasteiger partial charge in [-0.1, -0.05) is 35.3 Å². The summed E-state index contributed by atoms with van der Waals surface area (Å²) >= 11 is 11.8. The van der Waals surface area contributed by atoms with Crippen LogP contribution in [0.25, 0.3) is 5.57 Å². The zero-order valence-electron chi connectivity index (χ0n) is 14.2. The Morgan fingerprint density at radius 1 is 0.923 bits per heavy atom. The Balaban J connectivity index is 2.31. The maximum Gasteiger partial charge on any atom is 0.203 e. The number of nitriles is 2. The van der Waals surface area contributed by atoms with Crippen LogP contribution in [0.3, 0.4) is 0 Å². The number of benzene rings is 1. The molecule has 0 unspecified atom stereocenters. The zero-order chi connectivity index (χ0) is 19.4. The number of allylic oxidation sites excluding steroid dienone is 4. The molecular formula is C19H13Cl2N3O2. The summed E-state index contributed by atoms with van der Waals surface area (Å²) in [7, 11) is 3.77. The summed E-state index contributed by atoms with van der Waals surface area (Å²) < 4.78 is 0. The van der Waals surface area contributed by atoms with Crippen molar-refractivity contribution in [3.05, 3.63) is 45.5 Å². The molecule has 26 heavy (non-hydrogen) atoms. The zero-order valence-corrected chi connectivity index (χ0v) is 15.7. The number of nitrogens with zero attached hydrogens (tertiary/aromatic N) is 3. The van der Waals surface area contributed by atoms with Crippen LogP contribution in [0.5, 0.6) is 0 Å². The number of ketones is 2. The van der Waals surface area contributed by atoms with E-state index in [0.29, 0.717) is 16.7 Å². The maximum atomic E-state index is 12.9. The molecule has 0 heterocycles. The Hall–Kier alpha value is -2.60. The summed E-state index contributed by atoms with van der Waals surface area (Å²) in [6, 6.07) is 11.0. The normalized spacial score (nSPS) is 27.5. The highest BCUT2D eigenvalue weighted by molar-refractivity contribution is 6.58. The third-order valence-electron chi connectivity index (χ3n) is 5.16. The average molecular weight is 386 g/mol. The van der Waals surface area contributed by atoms with E-state index in [0.717, 1.165) is 5.69 Å². The molecule has 0 radical (unpaired) electrons. The molecule has 0 spiro atoms. The fourth-order valence-electron chi connectivity index (χ4n) is 3.80. The van der Waals surface area contributed by atoms with Crippen LogP contribution >= 0.6 is 23.2 Å². The summed E-state index contributed by atoms with van der Waals surface area (Å²) in [5, 5.41) is 18.7. The predicted octanol–water partition coefficient (Wildman–Crippen LogP) is 3.40. The van der Waals surface area contributed by atoms with Gasteiger partial charge in [0.2, 0.25) is 11.6 Å². The Bertz CT molecular complexity index is 1010. The highest BCUT2D eigenvalue weighted by atomic mass is 35.5.